The first-order chi connectivity index (χ1) is 19.1. The number of hydrogen-bond acceptors (Lipinski definition) is 8. The summed E-state index contributed by atoms with van der Waals surface area (Å²) >= 11 is 0. The molecule has 2 N–H and O–H groups in total. The van der Waals surface area contributed by atoms with Crippen molar-refractivity contribution in [2.45, 2.75) is 25.9 Å². The van der Waals surface area contributed by atoms with E-state index >= 15 is 4.39 Å². The Morgan fingerprint density at radius 2 is 1.90 bits per heavy atom. The lowest BCUT2D eigenvalue weighted by molar-refractivity contribution is 0.0489. The average Bonchev–Trinajstić information content (AvgIpc) is 3.31. The smallest absolute Gasteiger partial charge is 0.407 e. The highest BCUT2D eigenvalue weighted by Crippen LogP contribution is 2.37. The van der Waals surface area contributed by atoms with Crippen LogP contribution < -0.4 is 15.0 Å². The van der Waals surface area contributed by atoms with Gasteiger partial charge in [-0.2, -0.15) is 5.10 Å². The number of methoxy groups -OCH3 is 1. The number of amides is 2. The Labute approximate surface area is 229 Å². The molecule has 0 unspecified atom stereocenters. The van der Waals surface area contributed by atoms with E-state index in [0.717, 1.165) is 5.69 Å². The second kappa shape index (κ2) is 10.6. The Kier molecular flexibility index (Phi) is 7.15. The van der Waals surface area contributed by atoms with Crippen LogP contribution in [0, 0.1) is 5.82 Å². The molecule has 0 aliphatic carbocycles. The van der Waals surface area contributed by atoms with Crippen molar-refractivity contribution in [1.82, 2.24) is 30.0 Å². The van der Waals surface area contributed by atoms with Gasteiger partial charge in [0.05, 0.1) is 23.2 Å². The standard InChI is InChI=1S/C27H30FN7O5/c1-14-10-34(11-15(2)35(14)27(37)38)17-6-7-20-18(9-17)23(26(36)29-3)31-25(30-20)19-8-16-12-33(4)32-22(16)21(28)24(19)40-13-39-5/h6-9,12,14-15H,10-11,13H2,1-5H3,(H,29,36)(H,37,38)/t14-,15+. The fourth-order valence-electron chi connectivity index (χ4n) is 5.29. The van der Waals surface area contributed by atoms with Crippen molar-refractivity contribution < 1.29 is 28.6 Å². The van der Waals surface area contributed by atoms with Crippen LogP contribution in [0.5, 0.6) is 5.75 Å². The summed E-state index contributed by atoms with van der Waals surface area (Å²) in [6.45, 7) is 4.49. The van der Waals surface area contributed by atoms with Crippen molar-refractivity contribution in [3.63, 3.8) is 0 Å². The first-order valence-electron chi connectivity index (χ1n) is 12.7. The third-order valence-corrected chi connectivity index (χ3v) is 7.00. The van der Waals surface area contributed by atoms with Gasteiger partial charge >= 0.3 is 6.09 Å². The molecule has 12 nitrogen and oxygen atoms in total. The van der Waals surface area contributed by atoms with E-state index in [-0.39, 0.29) is 47.2 Å². The third kappa shape index (κ3) is 4.72. The van der Waals surface area contributed by atoms with Gasteiger partial charge in [0, 0.05) is 57.0 Å². The molecule has 1 saturated heterocycles. The quantitative estimate of drug-likeness (QED) is 0.346. The monoisotopic (exact) mass is 551 g/mol. The third-order valence-electron chi connectivity index (χ3n) is 7.00. The van der Waals surface area contributed by atoms with E-state index < -0.39 is 17.8 Å². The molecule has 5 rings (SSSR count). The summed E-state index contributed by atoms with van der Waals surface area (Å²) in [5.74, 6) is -1.15. The summed E-state index contributed by atoms with van der Waals surface area (Å²) in [5.41, 5.74) is 1.77. The van der Waals surface area contributed by atoms with Crippen LogP contribution in [0.2, 0.25) is 0 Å². The molecule has 2 amide bonds. The van der Waals surface area contributed by atoms with Crippen LogP contribution in [-0.4, -0.2) is 87.9 Å². The lowest BCUT2D eigenvalue weighted by atomic mass is 10.1. The zero-order valence-corrected chi connectivity index (χ0v) is 22.8. The van der Waals surface area contributed by atoms with Crippen molar-refractivity contribution in [1.29, 1.82) is 0 Å². The first kappa shape index (κ1) is 27.1. The number of anilines is 1. The van der Waals surface area contributed by atoms with E-state index in [1.165, 1.54) is 23.7 Å². The molecule has 210 valence electrons. The van der Waals surface area contributed by atoms with E-state index in [1.807, 2.05) is 26.0 Å². The minimum Gasteiger partial charge on any atom is -0.465 e. The zero-order chi connectivity index (χ0) is 28.7. The molecule has 40 heavy (non-hydrogen) atoms. The molecule has 2 atom stereocenters. The van der Waals surface area contributed by atoms with Crippen molar-refractivity contribution in [3.05, 3.63) is 42.0 Å². The Hall–Kier alpha value is -4.52. The summed E-state index contributed by atoms with van der Waals surface area (Å²) in [7, 11) is 4.61. The van der Waals surface area contributed by atoms with Gasteiger partial charge in [0.2, 0.25) is 0 Å². The number of carbonyl (C=O) groups excluding carboxylic acids is 1. The fraction of sp³-hybridized carbons (Fsp3) is 0.370. The molecule has 13 heteroatoms. The van der Waals surface area contributed by atoms with Crippen molar-refractivity contribution in [3.8, 4) is 17.1 Å². The largest absolute Gasteiger partial charge is 0.465 e. The predicted molar refractivity (Wildman–Crippen MR) is 146 cm³/mol. The average molecular weight is 552 g/mol. The number of benzene rings is 2. The molecule has 0 bridgehead atoms. The molecule has 3 heterocycles. The highest BCUT2D eigenvalue weighted by Gasteiger charge is 2.33. The Bertz CT molecular complexity index is 1610. The number of rotatable bonds is 6. The maximum atomic E-state index is 15.6. The Balaban J connectivity index is 1.64. The number of fused-ring (bicyclic) bond motifs is 2. The Morgan fingerprint density at radius 3 is 2.55 bits per heavy atom. The predicted octanol–water partition coefficient (Wildman–Crippen LogP) is 3.24. The Morgan fingerprint density at radius 1 is 1.18 bits per heavy atom. The molecule has 4 aromatic rings. The van der Waals surface area contributed by atoms with Crippen LogP contribution in [0.4, 0.5) is 14.9 Å². The first-order valence-corrected chi connectivity index (χ1v) is 12.7. The maximum Gasteiger partial charge on any atom is 0.407 e. The second-order valence-electron chi connectivity index (χ2n) is 9.83. The molecule has 2 aromatic carbocycles. The number of nitrogens with zero attached hydrogens (tertiary/aromatic N) is 6. The summed E-state index contributed by atoms with van der Waals surface area (Å²) < 4.78 is 27.6. The topological polar surface area (TPSA) is 135 Å². The van der Waals surface area contributed by atoms with Crippen molar-refractivity contribution >= 4 is 39.5 Å². The van der Waals surface area contributed by atoms with E-state index in [2.05, 4.69) is 25.3 Å². The number of ether oxygens (including phenoxy) is 2. The van der Waals surface area contributed by atoms with Gasteiger partial charge in [0.15, 0.2) is 24.2 Å². The fourth-order valence-corrected chi connectivity index (χ4v) is 5.29. The zero-order valence-electron chi connectivity index (χ0n) is 22.8. The van der Waals surface area contributed by atoms with Crippen molar-refractivity contribution in [2.24, 2.45) is 7.05 Å². The van der Waals surface area contributed by atoms with E-state index in [4.69, 9.17) is 9.47 Å². The summed E-state index contributed by atoms with van der Waals surface area (Å²) in [6, 6.07) is 6.69. The van der Waals surface area contributed by atoms with Crippen LogP contribution in [-0.2, 0) is 11.8 Å². The molecule has 0 saturated carbocycles. The summed E-state index contributed by atoms with van der Waals surface area (Å²) in [4.78, 5) is 37.5. The number of halogens is 1. The number of piperazine rings is 1. The molecular weight excluding hydrogens is 521 g/mol. The van der Waals surface area contributed by atoms with Crippen LogP contribution in [0.3, 0.4) is 0 Å². The molecule has 1 fully saturated rings. The minimum atomic E-state index is -0.948. The number of hydrogen-bond donors (Lipinski definition) is 2. The van der Waals surface area contributed by atoms with Crippen molar-refractivity contribution in [2.75, 3.05) is 38.9 Å². The van der Waals surface area contributed by atoms with Crippen LogP contribution >= 0.6 is 0 Å². The van der Waals surface area contributed by atoms with Crippen LogP contribution in [0.1, 0.15) is 24.3 Å². The highest BCUT2D eigenvalue weighted by molar-refractivity contribution is 6.06. The SMILES string of the molecule is CNC(=O)c1nc(-c2cc3cn(C)nc3c(F)c2OCOC)nc2ccc(N3C[C@@H](C)N(C(=O)O)[C@@H](C)C3)cc12. The van der Waals surface area contributed by atoms with Gasteiger partial charge in [-0.1, -0.05) is 0 Å². The van der Waals surface area contributed by atoms with Gasteiger partial charge in [-0.3, -0.25) is 14.4 Å². The van der Waals surface area contributed by atoms with Gasteiger partial charge in [-0.25, -0.2) is 19.2 Å². The van der Waals surface area contributed by atoms with E-state index in [9.17, 15) is 14.7 Å². The van der Waals surface area contributed by atoms with E-state index in [1.54, 1.807) is 25.4 Å². The summed E-state index contributed by atoms with van der Waals surface area (Å²) in [6.07, 6.45) is 0.719. The minimum absolute atomic E-state index is 0.104. The van der Waals surface area contributed by atoms with Gasteiger partial charge in [-0.05, 0) is 38.1 Å². The molecular formula is C27H30FN7O5. The number of carboxylic acid groups (broad SMARTS) is 1. The van der Waals surface area contributed by atoms with Gasteiger partial charge in [0.25, 0.3) is 5.91 Å². The molecule has 1 aliphatic rings. The van der Waals surface area contributed by atoms with Crippen LogP contribution in [0.15, 0.2) is 30.5 Å². The van der Waals surface area contributed by atoms with Gasteiger partial charge in [-0.15, -0.1) is 0 Å². The summed E-state index contributed by atoms with van der Waals surface area (Å²) in [5, 5.41) is 17.4. The lowest BCUT2D eigenvalue weighted by Gasteiger charge is -2.44. The normalized spacial score (nSPS) is 17.4. The van der Waals surface area contributed by atoms with Crippen LogP contribution in [0.25, 0.3) is 33.2 Å². The number of nitrogens with one attached hydrogen (secondary N) is 1. The van der Waals surface area contributed by atoms with Gasteiger partial charge in [0.1, 0.15) is 11.2 Å². The highest BCUT2D eigenvalue weighted by atomic mass is 19.1. The van der Waals surface area contributed by atoms with E-state index in [0.29, 0.717) is 29.4 Å². The lowest BCUT2D eigenvalue weighted by Crippen LogP contribution is -2.58. The maximum absolute atomic E-state index is 15.6. The molecule has 2 aromatic heterocycles. The number of aromatic nitrogens is 4. The number of carbonyl (C=O) groups is 2. The molecule has 1 aliphatic heterocycles. The van der Waals surface area contributed by atoms with Gasteiger partial charge < -0.3 is 24.8 Å². The molecule has 0 spiro atoms. The molecule has 0 radical (unpaired) electrons. The number of aryl methyl sites for hydroxylation is 1. The second-order valence-corrected chi connectivity index (χ2v) is 9.83.